The van der Waals surface area contributed by atoms with Crippen molar-refractivity contribution in [2.45, 2.75) is 26.2 Å². The van der Waals surface area contributed by atoms with Gasteiger partial charge in [0.25, 0.3) is 0 Å². The Labute approximate surface area is 117 Å². The molecule has 0 radical (unpaired) electrons. The molecule has 0 fully saturated rings. The molecule has 0 bridgehead atoms. The smallest absolute Gasteiger partial charge is 0.105 e. The van der Waals surface area contributed by atoms with Gasteiger partial charge in [-0.2, -0.15) is 0 Å². The molecule has 2 aromatic rings. The van der Waals surface area contributed by atoms with Gasteiger partial charge in [0.1, 0.15) is 5.82 Å². The van der Waals surface area contributed by atoms with Crippen LogP contribution in [0.5, 0.6) is 0 Å². The lowest BCUT2D eigenvalue weighted by molar-refractivity contribution is 0.0201. The number of aliphatic hydroxyl groups is 1. The van der Waals surface area contributed by atoms with E-state index in [9.17, 15) is 5.11 Å². The van der Waals surface area contributed by atoms with Gasteiger partial charge >= 0.3 is 0 Å². The fourth-order valence-electron chi connectivity index (χ4n) is 1.80. The van der Waals surface area contributed by atoms with E-state index in [1.54, 1.807) is 6.20 Å². The Morgan fingerprint density at radius 2 is 2.21 bits per heavy atom. The average Bonchev–Trinajstić information content (AvgIpc) is 2.77. The number of halogens is 1. The first kappa shape index (κ1) is 14.1. The molecular weight excluding hydrogens is 264 g/mol. The molecule has 5 heteroatoms. The fraction of sp³-hybridized carbons (Fsp3) is 0.357. The Balaban J connectivity index is 1.77. The summed E-state index contributed by atoms with van der Waals surface area (Å²) >= 11 is 6.02. The van der Waals surface area contributed by atoms with Crippen molar-refractivity contribution in [1.29, 1.82) is 0 Å². The summed E-state index contributed by atoms with van der Waals surface area (Å²) in [4.78, 5) is 4.10. The SMILES string of the molecule is Cc1nccn1CC(O)COCc1ccccc1Cl. The number of ether oxygens (including phenoxy) is 1. The lowest BCUT2D eigenvalue weighted by atomic mass is 10.2. The first-order valence-electron chi connectivity index (χ1n) is 6.14. The van der Waals surface area contributed by atoms with Crippen LogP contribution < -0.4 is 0 Å². The van der Waals surface area contributed by atoms with Gasteiger partial charge in [0.2, 0.25) is 0 Å². The Morgan fingerprint density at radius 1 is 1.42 bits per heavy atom. The third kappa shape index (κ3) is 4.06. The van der Waals surface area contributed by atoms with Crippen LogP contribution in [0.4, 0.5) is 0 Å². The Kier molecular flexibility index (Phi) is 4.96. The molecule has 1 atom stereocenters. The highest BCUT2D eigenvalue weighted by Crippen LogP contribution is 2.15. The van der Waals surface area contributed by atoms with E-state index in [1.807, 2.05) is 42.0 Å². The van der Waals surface area contributed by atoms with Gasteiger partial charge in [-0.1, -0.05) is 29.8 Å². The molecule has 4 nitrogen and oxygen atoms in total. The number of aromatic nitrogens is 2. The second kappa shape index (κ2) is 6.70. The highest BCUT2D eigenvalue weighted by molar-refractivity contribution is 6.31. The van der Waals surface area contributed by atoms with E-state index in [1.165, 1.54) is 0 Å². The summed E-state index contributed by atoms with van der Waals surface area (Å²) in [5.41, 5.74) is 0.926. The fourth-order valence-corrected chi connectivity index (χ4v) is 1.99. The van der Waals surface area contributed by atoms with Crippen molar-refractivity contribution in [3.05, 3.63) is 53.1 Å². The minimum Gasteiger partial charge on any atom is -0.389 e. The zero-order valence-corrected chi connectivity index (χ0v) is 11.5. The van der Waals surface area contributed by atoms with Crippen LogP contribution in [0.3, 0.4) is 0 Å². The first-order chi connectivity index (χ1) is 9.16. The van der Waals surface area contributed by atoms with E-state index >= 15 is 0 Å². The van der Waals surface area contributed by atoms with Gasteiger partial charge < -0.3 is 14.4 Å². The molecular formula is C14H17ClN2O2. The number of benzene rings is 1. The molecule has 1 aromatic heterocycles. The van der Waals surface area contributed by atoms with Gasteiger partial charge in [-0.15, -0.1) is 0 Å². The molecule has 0 aliphatic heterocycles. The highest BCUT2D eigenvalue weighted by atomic mass is 35.5. The maximum absolute atomic E-state index is 9.89. The van der Waals surface area contributed by atoms with Crippen LogP contribution in [-0.2, 0) is 17.9 Å². The van der Waals surface area contributed by atoms with Crippen molar-refractivity contribution < 1.29 is 9.84 Å². The monoisotopic (exact) mass is 280 g/mol. The number of hydrogen-bond acceptors (Lipinski definition) is 3. The van der Waals surface area contributed by atoms with Crippen LogP contribution in [0.2, 0.25) is 5.02 Å². The largest absolute Gasteiger partial charge is 0.389 e. The predicted molar refractivity (Wildman–Crippen MR) is 74.1 cm³/mol. The number of aryl methyl sites for hydroxylation is 1. The number of nitrogens with zero attached hydrogens (tertiary/aromatic N) is 2. The van der Waals surface area contributed by atoms with Gasteiger partial charge in [-0.3, -0.25) is 0 Å². The van der Waals surface area contributed by atoms with Crippen molar-refractivity contribution in [2.24, 2.45) is 0 Å². The van der Waals surface area contributed by atoms with Crippen LogP contribution in [0, 0.1) is 6.92 Å². The molecule has 0 saturated heterocycles. The minimum absolute atomic E-state index is 0.267. The van der Waals surface area contributed by atoms with Crippen LogP contribution in [-0.4, -0.2) is 27.4 Å². The average molecular weight is 281 g/mol. The predicted octanol–water partition coefficient (Wildman–Crippen LogP) is 2.42. The van der Waals surface area contributed by atoms with Crippen molar-refractivity contribution >= 4 is 11.6 Å². The van der Waals surface area contributed by atoms with E-state index in [4.69, 9.17) is 16.3 Å². The molecule has 2 rings (SSSR count). The molecule has 1 heterocycles. The third-order valence-corrected chi connectivity index (χ3v) is 3.23. The van der Waals surface area contributed by atoms with E-state index in [0.29, 0.717) is 18.2 Å². The number of imidazole rings is 1. The molecule has 1 unspecified atom stereocenters. The third-order valence-electron chi connectivity index (χ3n) is 2.86. The maximum Gasteiger partial charge on any atom is 0.105 e. The van der Waals surface area contributed by atoms with Crippen LogP contribution in [0.1, 0.15) is 11.4 Å². The second-order valence-corrected chi connectivity index (χ2v) is 4.79. The maximum atomic E-state index is 9.89. The summed E-state index contributed by atoms with van der Waals surface area (Å²) in [6, 6.07) is 7.53. The lowest BCUT2D eigenvalue weighted by Gasteiger charge is -2.13. The Morgan fingerprint density at radius 3 is 2.89 bits per heavy atom. The van der Waals surface area contributed by atoms with Crippen molar-refractivity contribution in [2.75, 3.05) is 6.61 Å². The molecule has 0 aliphatic carbocycles. The number of hydrogen-bond donors (Lipinski definition) is 1. The van der Waals surface area contributed by atoms with Gasteiger partial charge in [-0.25, -0.2) is 4.98 Å². The molecule has 0 saturated carbocycles. The Hall–Kier alpha value is -1.36. The molecule has 102 valence electrons. The summed E-state index contributed by atoms with van der Waals surface area (Å²) in [5.74, 6) is 0.880. The molecule has 1 N–H and O–H groups in total. The summed E-state index contributed by atoms with van der Waals surface area (Å²) in [6.45, 7) is 3.05. The van der Waals surface area contributed by atoms with Gasteiger partial charge in [-0.05, 0) is 18.6 Å². The van der Waals surface area contributed by atoms with Gasteiger partial charge in [0, 0.05) is 17.4 Å². The highest BCUT2D eigenvalue weighted by Gasteiger charge is 2.08. The van der Waals surface area contributed by atoms with Crippen LogP contribution >= 0.6 is 11.6 Å². The van der Waals surface area contributed by atoms with Crippen molar-refractivity contribution in [3.63, 3.8) is 0 Å². The van der Waals surface area contributed by atoms with Crippen molar-refractivity contribution in [1.82, 2.24) is 9.55 Å². The van der Waals surface area contributed by atoms with E-state index in [2.05, 4.69) is 4.98 Å². The molecule has 0 amide bonds. The zero-order chi connectivity index (χ0) is 13.7. The normalized spacial score (nSPS) is 12.6. The van der Waals surface area contributed by atoms with E-state index < -0.39 is 6.10 Å². The topological polar surface area (TPSA) is 47.3 Å². The number of rotatable bonds is 6. The van der Waals surface area contributed by atoms with Crippen molar-refractivity contribution in [3.8, 4) is 0 Å². The summed E-state index contributed by atoms with van der Waals surface area (Å²) in [7, 11) is 0. The zero-order valence-electron chi connectivity index (χ0n) is 10.8. The lowest BCUT2D eigenvalue weighted by Crippen LogP contribution is -2.22. The number of aliphatic hydroxyl groups excluding tert-OH is 1. The van der Waals surface area contributed by atoms with Crippen LogP contribution in [0.15, 0.2) is 36.7 Å². The first-order valence-corrected chi connectivity index (χ1v) is 6.51. The molecule has 19 heavy (non-hydrogen) atoms. The second-order valence-electron chi connectivity index (χ2n) is 4.39. The summed E-state index contributed by atoms with van der Waals surface area (Å²) in [6.07, 6.45) is 3.00. The van der Waals surface area contributed by atoms with Gasteiger partial charge in [0.15, 0.2) is 0 Å². The minimum atomic E-state index is -0.560. The molecule has 1 aromatic carbocycles. The Bertz CT molecular complexity index is 528. The standard InChI is InChI=1S/C14H17ClN2O2/c1-11-16-6-7-17(11)8-13(18)10-19-9-12-4-2-3-5-14(12)15/h2-7,13,18H,8-10H2,1H3. The summed E-state index contributed by atoms with van der Waals surface area (Å²) in [5, 5.41) is 10.6. The van der Waals surface area contributed by atoms with Gasteiger partial charge in [0.05, 0.1) is 25.9 Å². The van der Waals surface area contributed by atoms with E-state index in [0.717, 1.165) is 11.4 Å². The molecule has 0 spiro atoms. The van der Waals surface area contributed by atoms with Crippen LogP contribution in [0.25, 0.3) is 0 Å². The summed E-state index contributed by atoms with van der Waals surface area (Å²) < 4.78 is 7.38. The van der Waals surface area contributed by atoms with E-state index in [-0.39, 0.29) is 6.61 Å². The molecule has 0 aliphatic rings. The quantitative estimate of drug-likeness (QED) is 0.884.